The van der Waals surface area contributed by atoms with Crippen molar-refractivity contribution in [2.24, 2.45) is 16.7 Å². The van der Waals surface area contributed by atoms with Gasteiger partial charge >= 0.3 is 0 Å². The van der Waals surface area contributed by atoms with Crippen LogP contribution in [0.25, 0.3) is 0 Å². The number of ether oxygens (including phenoxy) is 2. The van der Waals surface area contributed by atoms with E-state index in [-0.39, 0.29) is 29.0 Å². The zero-order valence-corrected chi connectivity index (χ0v) is 16.5. The van der Waals surface area contributed by atoms with Crippen LogP contribution >= 0.6 is 0 Å². The van der Waals surface area contributed by atoms with E-state index >= 15 is 0 Å². The molecule has 0 aromatic heterocycles. The van der Waals surface area contributed by atoms with Gasteiger partial charge in [-0.25, -0.2) is 0 Å². The Balaban J connectivity index is 1.83. The fourth-order valence-corrected chi connectivity index (χ4v) is 6.16. The number of carbonyl (C=O) groups excluding carboxylic acids is 2. The number of ketones is 2. The average Bonchev–Trinajstić information content (AvgIpc) is 2.54. The molecule has 5 unspecified atom stereocenters. The first-order chi connectivity index (χ1) is 11.9. The van der Waals surface area contributed by atoms with Crippen LogP contribution in [0.15, 0.2) is 11.5 Å². The summed E-state index contributed by atoms with van der Waals surface area (Å²) in [5.74, 6) is 0.256. The first-order valence-corrected chi connectivity index (χ1v) is 9.82. The van der Waals surface area contributed by atoms with Crippen LogP contribution < -0.4 is 0 Å². The highest BCUT2D eigenvalue weighted by Crippen LogP contribution is 2.66. The fraction of sp³-hybridized carbons (Fsp3) is 0.810. The van der Waals surface area contributed by atoms with Crippen LogP contribution in [0.3, 0.4) is 0 Å². The van der Waals surface area contributed by atoms with E-state index in [1.165, 1.54) is 0 Å². The van der Waals surface area contributed by atoms with Gasteiger partial charge in [0, 0.05) is 18.8 Å². The second-order valence-corrected chi connectivity index (χ2v) is 9.86. The lowest BCUT2D eigenvalue weighted by atomic mass is 9.41. The van der Waals surface area contributed by atoms with Crippen LogP contribution in [0.5, 0.6) is 0 Å². The van der Waals surface area contributed by atoms with Crippen LogP contribution in [0, 0.1) is 16.7 Å². The van der Waals surface area contributed by atoms with Gasteiger partial charge in [-0.2, -0.15) is 0 Å². The Bertz CT molecular complexity index is 722. The number of hydrogen-bond acceptors (Lipinski definition) is 5. The number of hydrogen-bond donors (Lipinski definition) is 1. The molecule has 0 bridgehead atoms. The maximum Gasteiger partial charge on any atom is 0.286 e. The van der Waals surface area contributed by atoms with Gasteiger partial charge in [-0.3, -0.25) is 9.59 Å². The van der Waals surface area contributed by atoms with Crippen molar-refractivity contribution in [3.05, 3.63) is 11.5 Å². The third-order valence-corrected chi connectivity index (χ3v) is 8.05. The number of rotatable bonds is 0. The Labute approximate surface area is 155 Å². The van der Waals surface area contributed by atoms with Gasteiger partial charge in [0.05, 0.1) is 16.6 Å². The number of aliphatic hydroxyl groups is 1. The summed E-state index contributed by atoms with van der Waals surface area (Å²) < 4.78 is 12.1. The Hall–Kier alpha value is -1.36. The lowest BCUT2D eigenvalue weighted by molar-refractivity contribution is -0.267. The predicted octanol–water partition coefficient (Wildman–Crippen LogP) is 3.29. The summed E-state index contributed by atoms with van der Waals surface area (Å²) in [6.07, 6.45) is 2.91. The summed E-state index contributed by atoms with van der Waals surface area (Å²) >= 11 is 0. The highest BCUT2D eigenvalue weighted by atomic mass is 16.7. The third-order valence-electron chi connectivity index (χ3n) is 8.05. The quantitative estimate of drug-likeness (QED) is 0.716. The highest BCUT2D eigenvalue weighted by molar-refractivity contribution is 5.97. The van der Waals surface area contributed by atoms with Crippen LogP contribution in [0.1, 0.15) is 73.1 Å². The maximum absolute atomic E-state index is 13.2. The second kappa shape index (κ2) is 5.12. The zero-order valence-electron chi connectivity index (χ0n) is 16.5. The third kappa shape index (κ3) is 2.01. The minimum Gasteiger partial charge on any atom is -0.462 e. The molecule has 1 N–H and O–H groups in total. The lowest BCUT2D eigenvalue weighted by Gasteiger charge is -2.66. The lowest BCUT2D eigenvalue weighted by Crippen LogP contribution is -2.72. The molecule has 2 aliphatic carbocycles. The molecule has 5 nitrogen and oxygen atoms in total. The Morgan fingerprint density at radius 2 is 1.73 bits per heavy atom. The van der Waals surface area contributed by atoms with Crippen molar-refractivity contribution in [1.29, 1.82) is 0 Å². The fourth-order valence-electron chi connectivity index (χ4n) is 6.16. The topological polar surface area (TPSA) is 72.8 Å². The minimum atomic E-state index is -1.09. The summed E-state index contributed by atoms with van der Waals surface area (Å²) in [6, 6.07) is 0. The van der Waals surface area contributed by atoms with Crippen LogP contribution in [-0.2, 0) is 19.1 Å². The molecule has 0 amide bonds. The Morgan fingerprint density at radius 3 is 2.42 bits per heavy atom. The van der Waals surface area contributed by atoms with Crippen molar-refractivity contribution in [1.82, 2.24) is 0 Å². The molecule has 0 radical (unpaired) electrons. The van der Waals surface area contributed by atoms with Crippen LogP contribution in [0.2, 0.25) is 0 Å². The van der Waals surface area contributed by atoms with Crippen molar-refractivity contribution >= 4 is 11.6 Å². The smallest absolute Gasteiger partial charge is 0.286 e. The molecule has 0 aromatic rings. The van der Waals surface area contributed by atoms with E-state index < -0.39 is 16.6 Å². The van der Waals surface area contributed by atoms with E-state index in [0.29, 0.717) is 50.0 Å². The zero-order chi connectivity index (χ0) is 19.1. The van der Waals surface area contributed by atoms with Gasteiger partial charge in [-0.05, 0) is 51.9 Å². The van der Waals surface area contributed by atoms with E-state index in [9.17, 15) is 14.7 Å². The van der Waals surface area contributed by atoms with E-state index in [0.717, 1.165) is 0 Å². The van der Waals surface area contributed by atoms with Crippen LogP contribution in [-0.4, -0.2) is 34.0 Å². The van der Waals surface area contributed by atoms with E-state index in [4.69, 9.17) is 9.47 Å². The molecule has 5 atom stereocenters. The molecule has 4 rings (SSSR count). The molecule has 144 valence electrons. The number of carbonyl (C=O) groups is 2. The summed E-state index contributed by atoms with van der Waals surface area (Å²) in [5.41, 5.74) is -2.42. The van der Waals surface area contributed by atoms with Gasteiger partial charge in [-0.1, -0.05) is 13.8 Å². The molecule has 4 aliphatic rings. The van der Waals surface area contributed by atoms with Gasteiger partial charge in [0.2, 0.25) is 0 Å². The predicted molar refractivity (Wildman–Crippen MR) is 95.1 cm³/mol. The largest absolute Gasteiger partial charge is 0.462 e. The maximum atomic E-state index is 13.2. The second-order valence-electron chi connectivity index (χ2n) is 9.86. The molecular formula is C21H30O5. The first-order valence-electron chi connectivity index (χ1n) is 9.82. The van der Waals surface area contributed by atoms with Crippen molar-refractivity contribution in [3.63, 3.8) is 0 Å². The molecule has 2 heterocycles. The average molecular weight is 362 g/mol. The molecule has 2 saturated carbocycles. The summed E-state index contributed by atoms with van der Waals surface area (Å²) in [5, 5.41) is 11.8. The highest BCUT2D eigenvalue weighted by Gasteiger charge is 2.71. The molecule has 2 fully saturated rings. The number of Topliss-reactive ketones (excluding diaryl/α,β-unsaturated/α-hetero) is 2. The molecule has 0 aromatic carbocycles. The van der Waals surface area contributed by atoms with Gasteiger partial charge in [-0.15, -0.1) is 0 Å². The monoisotopic (exact) mass is 362 g/mol. The number of fused-ring (bicyclic) bond motifs is 3. The van der Waals surface area contributed by atoms with Gasteiger partial charge in [0.1, 0.15) is 17.5 Å². The summed E-state index contributed by atoms with van der Waals surface area (Å²) in [7, 11) is 0. The van der Waals surface area contributed by atoms with E-state index in [2.05, 4.69) is 13.8 Å². The normalized spacial score (nSPS) is 47.3. The van der Waals surface area contributed by atoms with Gasteiger partial charge < -0.3 is 14.6 Å². The Kier molecular flexibility index (Phi) is 3.55. The SMILES string of the molecule is CC1CC(=O)C2=C(O1)OC1(C)CCC3(O)C(C)(C)CCC(=O)C3(C)C1C2. The Morgan fingerprint density at radius 1 is 1.04 bits per heavy atom. The minimum absolute atomic E-state index is 0.0426. The van der Waals surface area contributed by atoms with Gasteiger partial charge in [0.15, 0.2) is 5.78 Å². The first kappa shape index (κ1) is 18.0. The van der Waals surface area contributed by atoms with Crippen molar-refractivity contribution in [3.8, 4) is 0 Å². The number of allylic oxidation sites excluding steroid dienone is 1. The molecule has 0 saturated heterocycles. The van der Waals surface area contributed by atoms with Gasteiger partial charge in [0.25, 0.3) is 5.95 Å². The van der Waals surface area contributed by atoms with E-state index in [1.54, 1.807) is 0 Å². The van der Waals surface area contributed by atoms with Crippen molar-refractivity contribution in [2.75, 3.05) is 0 Å². The molecule has 5 heteroatoms. The van der Waals surface area contributed by atoms with Crippen molar-refractivity contribution in [2.45, 2.75) is 90.4 Å². The standard InChI is InChI=1S/C21H30O5/c1-12-10-14(22)13-11-15-19(4,26-17(13)25-12)8-9-21(24)18(2,3)7-6-16(23)20(15,21)5/h12,15,24H,6-11H2,1-5H3. The van der Waals surface area contributed by atoms with Crippen LogP contribution in [0.4, 0.5) is 0 Å². The molecule has 2 aliphatic heterocycles. The van der Waals surface area contributed by atoms with Crippen molar-refractivity contribution < 1.29 is 24.2 Å². The summed E-state index contributed by atoms with van der Waals surface area (Å²) in [6.45, 7) is 9.91. The molecule has 0 spiro atoms. The molecular weight excluding hydrogens is 332 g/mol. The molecule has 26 heavy (non-hydrogen) atoms. The summed E-state index contributed by atoms with van der Waals surface area (Å²) in [4.78, 5) is 25.8. The van der Waals surface area contributed by atoms with E-state index in [1.807, 2.05) is 20.8 Å².